The van der Waals surface area contributed by atoms with Crippen LogP contribution in [0, 0.1) is 12.8 Å². The molecule has 1 aliphatic rings. The Morgan fingerprint density at radius 3 is 2.53 bits per heavy atom. The molecule has 5 rings (SSSR count). The topological polar surface area (TPSA) is 49.3 Å². The van der Waals surface area contributed by atoms with Gasteiger partial charge in [-0.3, -0.25) is 0 Å². The van der Waals surface area contributed by atoms with E-state index in [-0.39, 0.29) is 5.92 Å². The highest BCUT2D eigenvalue weighted by Gasteiger charge is 2.29. The minimum atomic E-state index is -0.852. The molecule has 0 radical (unpaired) electrons. The maximum absolute atomic E-state index is 11.7. The number of carboxylic acid groups (broad SMARTS) is 1. The molecule has 3 heteroatoms. The maximum atomic E-state index is 11.7. The van der Waals surface area contributed by atoms with Gasteiger partial charge in [-0.05, 0) is 89.8 Å². The zero-order valence-corrected chi connectivity index (χ0v) is 19.6. The summed E-state index contributed by atoms with van der Waals surface area (Å²) < 4.78 is 0. The summed E-state index contributed by atoms with van der Waals surface area (Å²) in [6, 6.07) is 29.5. The normalized spacial score (nSPS) is 17.4. The Morgan fingerprint density at radius 2 is 1.65 bits per heavy atom. The Balaban J connectivity index is 1.30. The van der Waals surface area contributed by atoms with E-state index >= 15 is 0 Å². The van der Waals surface area contributed by atoms with Crippen LogP contribution in [0.3, 0.4) is 0 Å². The Labute approximate surface area is 201 Å². The predicted octanol–water partition coefficient (Wildman–Crippen LogP) is 6.37. The Hall–Kier alpha value is -3.43. The molecular weight excluding hydrogens is 418 g/mol. The minimum Gasteiger partial charge on any atom is -0.478 e. The molecule has 0 aliphatic heterocycles. The van der Waals surface area contributed by atoms with Crippen molar-refractivity contribution >= 4 is 16.7 Å². The molecule has 0 bridgehead atoms. The van der Waals surface area contributed by atoms with Crippen molar-refractivity contribution in [3.8, 4) is 0 Å². The molecular formula is C31H31NO2. The summed E-state index contributed by atoms with van der Waals surface area (Å²) in [5, 5.41) is 16.0. The van der Waals surface area contributed by atoms with Gasteiger partial charge in [-0.25, -0.2) is 4.79 Å². The summed E-state index contributed by atoms with van der Waals surface area (Å²) in [7, 11) is 0. The van der Waals surface area contributed by atoms with Gasteiger partial charge in [0.25, 0.3) is 0 Å². The number of nitrogens with one attached hydrogen (secondary N) is 1. The molecule has 172 valence electrons. The summed E-state index contributed by atoms with van der Waals surface area (Å²) in [6.07, 6.45) is 3.10. The van der Waals surface area contributed by atoms with E-state index in [1.54, 1.807) is 6.07 Å². The highest BCUT2D eigenvalue weighted by molar-refractivity contribution is 5.89. The van der Waals surface area contributed by atoms with Gasteiger partial charge in [0.1, 0.15) is 0 Å². The van der Waals surface area contributed by atoms with E-state index in [0.717, 1.165) is 43.5 Å². The molecule has 0 aromatic heterocycles. The molecule has 4 aromatic rings. The van der Waals surface area contributed by atoms with E-state index in [2.05, 4.69) is 78.1 Å². The van der Waals surface area contributed by atoms with Gasteiger partial charge in [-0.1, -0.05) is 78.9 Å². The molecule has 2 N–H and O–H groups in total. The molecule has 0 amide bonds. The first-order valence-corrected chi connectivity index (χ1v) is 12.2. The Morgan fingerprint density at radius 1 is 0.912 bits per heavy atom. The number of aromatic carboxylic acids is 1. The highest BCUT2D eigenvalue weighted by Crippen LogP contribution is 2.40. The average Bonchev–Trinajstić information content (AvgIpc) is 2.86. The standard InChI is InChI=1S/C31H31NO2/c1-21-26(14-7-15-27(21)31(33)34)30-19-22(18-25-9-3-5-13-29(25)30)20-32-17-16-24-11-6-10-23-8-2-4-12-28(23)24/h2-15,22,30,32H,16-20H2,1H3,(H,33,34). The summed E-state index contributed by atoms with van der Waals surface area (Å²) in [6.45, 7) is 3.87. The van der Waals surface area contributed by atoms with Crippen molar-refractivity contribution in [2.45, 2.75) is 32.1 Å². The number of carbonyl (C=O) groups is 1. The fourth-order valence-electron chi connectivity index (χ4n) is 5.67. The Kier molecular flexibility index (Phi) is 6.46. The minimum absolute atomic E-state index is 0.231. The molecule has 0 saturated heterocycles. The number of fused-ring (bicyclic) bond motifs is 2. The zero-order valence-electron chi connectivity index (χ0n) is 19.6. The van der Waals surface area contributed by atoms with E-state index in [0.29, 0.717) is 11.5 Å². The van der Waals surface area contributed by atoms with Crippen LogP contribution in [0.15, 0.2) is 84.9 Å². The van der Waals surface area contributed by atoms with Gasteiger partial charge in [-0.15, -0.1) is 0 Å². The monoisotopic (exact) mass is 449 g/mol. The first-order chi connectivity index (χ1) is 16.6. The molecule has 34 heavy (non-hydrogen) atoms. The second-order valence-electron chi connectivity index (χ2n) is 9.47. The highest BCUT2D eigenvalue weighted by atomic mass is 16.4. The van der Waals surface area contributed by atoms with Crippen molar-refractivity contribution in [2.75, 3.05) is 13.1 Å². The summed E-state index contributed by atoms with van der Waals surface area (Å²) in [5.74, 6) is -0.107. The molecule has 0 fully saturated rings. The lowest BCUT2D eigenvalue weighted by atomic mass is 9.72. The smallest absolute Gasteiger partial charge is 0.335 e. The second kappa shape index (κ2) is 9.82. The number of hydrogen-bond donors (Lipinski definition) is 2. The van der Waals surface area contributed by atoms with Gasteiger partial charge in [0, 0.05) is 5.92 Å². The Bertz CT molecular complexity index is 1320. The van der Waals surface area contributed by atoms with E-state index in [1.165, 1.54) is 27.5 Å². The van der Waals surface area contributed by atoms with Gasteiger partial charge in [0.15, 0.2) is 0 Å². The van der Waals surface area contributed by atoms with Crippen LogP contribution >= 0.6 is 0 Å². The van der Waals surface area contributed by atoms with Crippen molar-refractivity contribution in [3.05, 3.63) is 118 Å². The molecule has 0 saturated carbocycles. The lowest BCUT2D eigenvalue weighted by Crippen LogP contribution is -2.30. The molecule has 2 atom stereocenters. The zero-order chi connectivity index (χ0) is 23.5. The quantitative estimate of drug-likeness (QED) is 0.322. The van der Waals surface area contributed by atoms with Crippen LogP contribution in [0.5, 0.6) is 0 Å². The number of hydrogen-bond acceptors (Lipinski definition) is 2. The van der Waals surface area contributed by atoms with Crippen molar-refractivity contribution < 1.29 is 9.90 Å². The number of benzene rings is 4. The van der Waals surface area contributed by atoms with Crippen LogP contribution in [0.2, 0.25) is 0 Å². The van der Waals surface area contributed by atoms with E-state index in [1.807, 2.05) is 13.0 Å². The fraction of sp³-hybridized carbons (Fsp3) is 0.258. The summed E-state index contributed by atoms with van der Waals surface area (Å²) in [4.78, 5) is 11.7. The molecule has 3 nitrogen and oxygen atoms in total. The lowest BCUT2D eigenvalue weighted by molar-refractivity contribution is 0.0696. The van der Waals surface area contributed by atoms with Crippen LogP contribution in [0.1, 0.15) is 50.5 Å². The first kappa shape index (κ1) is 22.4. The largest absolute Gasteiger partial charge is 0.478 e. The molecule has 0 spiro atoms. The van der Waals surface area contributed by atoms with Gasteiger partial charge >= 0.3 is 5.97 Å². The molecule has 0 heterocycles. The van der Waals surface area contributed by atoms with Crippen LogP contribution in [-0.4, -0.2) is 24.2 Å². The van der Waals surface area contributed by atoms with Gasteiger partial charge in [0.2, 0.25) is 0 Å². The van der Waals surface area contributed by atoms with E-state index in [4.69, 9.17) is 0 Å². The van der Waals surface area contributed by atoms with Crippen LogP contribution < -0.4 is 5.32 Å². The number of carboxylic acids is 1. The lowest BCUT2D eigenvalue weighted by Gasteiger charge is -2.33. The third kappa shape index (κ3) is 4.49. The summed E-state index contributed by atoms with van der Waals surface area (Å²) in [5.41, 5.74) is 6.57. The van der Waals surface area contributed by atoms with Crippen molar-refractivity contribution in [2.24, 2.45) is 5.92 Å². The third-order valence-electron chi connectivity index (χ3n) is 7.37. The molecule has 2 unspecified atom stereocenters. The van der Waals surface area contributed by atoms with Crippen molar-refractivity contribution in [1.29, 1.82) is 0 Å². The number of rotatable bonds is 7. The van der Waals surface area contributed by atoms with Gasteiger partial charge < -0.3 is 10.4 Å². The maximum Gasteiger partial charge on any atom is 0.335 e. The fourth-order valence-corrected chi connectivity index (χ4v) is 5.67. The molecule has 4 aromatic carbocycles. The van der Waals surface area contributed by atoms with Crippen LogP contribution in [0.25, 0.3) is 10.8 Å². The third-order valence-corrected chi connectivity index (χ3v) is 7.37. The predicted molar refractivity (Wildman–Crippen MR) is 139 cm³/mol. The summed E-state index contributed by atoms with van der Waals surface area (Å²) >= 11 is 0. The SMILES string of the molecule is Cc1c(C(=O)O)cccc1C1CC(CNCCc2cccc3ccccc23)Cc2ccccc21. The van der Waals surface area contributed by atoms with Gasteiger partial charge in [0.05, 0.1) is 5.56 Å². The first-order valence-electron chi connectivity index (χ1n) is 12.2. The van der Waals surface area contributed by atoms with Crippen molar-refractivity contribution in [1.82, 2.24) is 5.32 Å². The average molecular weight is 450 g/mol. The van der Waals surface area contributed by atoms with Crippen molar-refractivity contribution in [3.63, 3.8) is 0 Å². The van der Waals surface area contributed by atoms with E-state index in [9.17, 15) is 9.90 Å². The van der Waals surface area contributed by atoms with E-state index < -0.39 is 5.97 Å². The van der Waals surface area contributed by atoms with Crippen LogP contribution in [-0.2, 0) is 12.8 Å². The van der Waals surface area contributed by atoms with Gasteiger partial charge in [-0.2, -0.15) is 0 Å². The molecule has 1 aliphatic carbocycles. The second-order valence-corrected chi connectivity index (χ2v) is 9.47. The van der Waals surface area contributed by atoms with Crippen LogP contribution in [0.4, 0.5) is 0 Å².